The molecule has 1 fully saturated rings. The summed E-state index contributed by atoms with van der Waals surface area (Å²) in [7, 11) is 1.98. The van der Waals surface area contributed by atoms with Crippen molar-refractivity contribution in [2.75, 3.05) is 26.2 Å². The quantitative estimate of drug-likeness (QED) is 0.853. The summed E-state index contributed by atoms with van der Waals surface area (Å²) >= 11 is 0. The molecule has 7 heteroatoms. The van der Waals surface area contributed by atoms with Gasteiger partial charge in [-0.15, -0.1) is 0 Å². The van der Waals surface area contributed by atoms with E-state index in [0.29, 0.717) is 18.8 Å². The molecule has 0 N–H and O–H groups in total. The van der Waals surface area contributed by atoms with E-state index < -0.39 is 0 Å². The molecule has 0 radical (unpaired) electrons. The van der Waals surface area contributed by atoms with Gasteiger partial charge in [0.1, 0.15) is 5.82 Å². The molecular weight excluding hydrogens is 282 g/mol. The number of amides is 1. The number of imidazole rings is 1. The van der Waals surface area contributed by atoms with Crippen LogP contribution in [0.2, 0.25) is 0 Å². The van der Waals surface area contributed by atoms with Gasteiger partial charge in [-0.2, -0.15) is 0 Å². The number of hydrogen-bond acceptors (Lipinski definition) is 5. The molecule has 0 bridgehead atoms. The van der Waals surface area contributed by atoms with Crippen LogP contribution >= 0.6 is 0 Å². The van der Waals surface area contributed by atoms with Gasteiger partial charge in [-0.3, -0.25) is 9.69 Å². The van der Waals surface area contributed by atoms with E-state index in [1.165, 1.54) is 0 Å². The fourth-order valence-corrected chi connectivity index (χ4v) is 2.95. The molecular formula is C15H21N5O2. The van der Waals surface area contributed by atoms with E-state index in [-0.39, 0.29) is 11.9 Å². The van der Waals surface area contributed by atoms with Crippen LogP contribution < -0.4 is 0 Å². The zero-order valence-electron chi connectivity index (χ0n) is 13.2. The molecule has 0 saturated carbocycles. The molecule has 0 spiro atoms. The minimum atomic E-state index is -0.101. The molecule has 22 heavy (non-hydrogen) atoms. The largest absolute Gasteiger partial charge is 0.351 e. The Morgan fingerprint density at radius 3 is 2.86 bits per heavy atom. The van der Waals surface area contributed by atoms with Crippen molar-refractivity contribution in [2.24, 2.45) is 7.05 Å². The van der Waals surface area contributed by atoms with E-state index in [1.807, 2.05) is 29.6 Å². The fraction of sp³-hybridized carbons (Fsp3) is 0.533. The average molecular weight is 303 g/mol. The number of carbonyl (C=O) groups excluding carboxylic acids is 1. The van der Waals surface area contributed by atoms with E-state index in [4.69, 9.17) is 4.52 Å². The normalized spacial score (nSPS) is 19.6. The van der Waals surface area contributed by atoms with Crippen molar-refractivity contribution < 1.29 is 9.32 Å². The summed E-state index contributed by atoms with van der Waals surface area (Å²) in [6.07, 6.45) is 3.73. The average Bonchev–Trinajstić information content (AvgIpc) is 3.14. The summed E-state index contributed by atoms with van der Waals surface area (Å²) in [4.78, 5) is 21.2. The van der Waals surface area contributed by atoms with Crippen molar-refractivity contribution in [1.82, 2.24) is 24.5 Å². The van der Waals surface area contributed by atoms with Crippen molar-refractivity contribution in [2.45, 2.75) is 19.9 Å². The molecule has 1 saturated heterocycles. The van der Waals surface area contributed by atoms with Gasteiger partial charge in [0.15, 0.2) is 0 Å². The van der Waals surface area contributed by atoms with Crippen LogP contribution in [0.25, 0.3) is 0 Å². The lowest BCUT2D eigenvalue weighted by atomic mass is 10.1. The van der Waals surface area contributed by atoms with Gasteiger partial charge in [-0.05, 0) is 13.5 Å². The lowest BCUT2D eigenvalue weighted by Gasteiger charge is -2.40. The lowest BCUT2D eigenvalue weighted by molar-refractivity contribution is 0.0439. The van der Waals surface area contributed by atoms with Gasteiger partial charge in [0.2, 0.25) is 5.76 Å². The Labute approximate surface area is 129 Å². The minimum Gasteiger partial charge on any atom is -0.351 e. The van der Waals surface area contributed by atoms with Gasteiger partial charge >= 0.3 is 0 Å². The highest BCUT2D eigenvalue weighted by atomic mass is 16.5. The zero-order chi connectivity index (χ0) is 15.7. The van der Waals surface area contributed by atoms with Crippen molar-refractivity contribution in [3.05, 3.63) is 35.7 Å². The second-order valence-electron chi connectivity index (χ2n) is 5.62. The molecule has 7 nitrogen and oxygen atoms in total. The number of rotatable bonds is 3. The molecule has 2 aromatic heterocycles. The van der Waals surface area contributed by atoms with Gasteiger partial charge in [0.05, 0.1) is 11.7 Å². The van der Waals surface area contributed by atoms with Crippen LogP contribution in [0.1, 0.15) is 35.0 Å². The first-order chi connectivity index (χ1) is 10.6. The number of aryl methyl sites for hydroxylation is 2. The molecule has 1 aliphatic rings. The third-order valence-electron chi connectivity index (χ3n) is 4.18. The molecule has 3 rings (SSSR count). The predicted molar refractivity (Wildman–Crippen MR) is 80.3 cm³/mol. The molecule has 118 valence electrons. The van der Waals surface area contributed by atoms with Gasteiger partial charge in [-0.1, -0.05) is 12.1 Å². The van der Waals surface area contributed by atoms with E-state index in [9.17, 15) is 4.79 Å². The molecule has 1 atom stereocenters. The Hall–Kier alpha value is -2.15. The monoisotopic (exact) mass is 303 g/mol. The lowest BCUT2D eigenvalue weighted by Crippen LogP contribution is -2.50. The summed E-state index contributed by atoms with van der Waals surface area (Å²) < 4.78 is 7.12. The number of likely N-dealkylation sites (N-methyl/N-ethyl adjacent to an activating group) is 1. The van der Waals surface area contributed by atoms with Crippen LogP contribution in [0.4, 0.5) is 0 Å². The summed E-state index contributed by atoms with van der Waals surface area (Å²) in [6, 6.07) is 1.79. The third kappa shape index (κ3) is 2.64. The van der Waals surface area contributed by atoms with Crippen LogP contribution in [0, 0.1) is 6.92 Å². The Balaban J connectivity index is 1.81. The summed E-state index contributed by atoms with van der Waals surface area (Å²) in [6.45, 7) is 7.00. The van der Waals surface area contributed by atoms with Gasteiger partial charge in [-0.25, -0.2) is 4.98 Å². The number of aromatic nitrogens is 3. The molecule has 3 heterocycles. The maximum Gasteiger partial charge on any atom is 0.292 e. The van der Waals surface area contributed by atoms with Gasteiger partial charge in [0.25, 0.3) is 5.91 Å². The second kappa shape index (κ2) is 5.92. The van der Waals surface area contributed by atoms with Crippen LogP contribution in [-0.4, -0.2) is 56.6 Å². The van der Waals surface area contributed by atoms with Crippen molar-refractivity contribution >= 4 is 5.91 Å². The Bertz CT molecular complexity index is 662. The van der Waals surface area contributed by atoms with Crippen molar-refractivity contribution in [1.29, 1.82) is 0 Å². The van der Waals surface area contributed by atoms with E-state index in [2.05, 4.69) is 22.0 Å². The van der Waals surface area contributed by atoms with E-state index in [0.717, 1.165) is 24.6 Å². The third-order valence-corrected chi connectivity index (χ3v) is 4.18. The second-order valence-corrected chi connectivity index (χ2v) is 5.62. The smallest absolute Gasteiger partial charge is 0.292 e. The predicted octanol–water partition coefficient (Wildman–Crippen LogP) is 1.24. The van der Waals surface area contributed by atoms with Gasteiger partial charge in [0, 0.05) is 45.1 Å². The summed E-state index contributed by atoms with van der Waals surface area (Å²) in [5, 5.41) is 3.80. The highest BCUT2D eigenvalue weighted by molar-refractivity contribution is 5.91. The standard InChI is InChI=1S/C15H21N5O2/c1-4-19-7-8-20(15(21)13-9-11(2)17-22-13)10-12(19)14-16-5-6-18(14)3/h5-6,9,12H,4,7-8,10H2,1-3H3. The van der Waals surface area contributed by atoms with Gasteiger partial charge < -0.3 is 14.0 Å². The number of carbonyl (C=O) groups is 1. The first-order valence-corrected chi connectivity index (χ1v) is 7.54. The Morgan fingerprint density at radius 1 is 1.45 bits per heavy atom. The topological polar surface area (TPSA) is 67.4 Å². The number of piperazine rings is 1. The zero-order valence-corrected chi connectivity index (χ0v) is 13.2. The molecule has 0 aromatic carbocycles. The molecule has 1 unspecified atom stereocenters. The molecule has 1 amide bonds. The van der Waals surface area contributed by atoms with Crippen LogP contribution in [0.3, 0.4) is 0 Å². The molecule has 2 aromatic rings. The highest BCUT2D eigenvalue weighted by Gasteiger charge is 2.33. The molecule has 1 aliphatic heterocycles. The van der Waals surface area contributed by atoms with Crippen LogP contribution in [0.5, 0.6) is 0 Å². The van der Waals surface area contributed by atoms with Crippen LogP contribution in [0.15, 0.2) is 23.0 Å². The SMILES string of the molecule is CCN1CCN(C(=O)c2cc(C)no2)CC1c1nccn1C. The minimum absolute atomic E-state index is 0.101. The maximum atomic E-state index is 12.6. The number of hydrogen-bond donors (Lipinski definition) is 0. The highest BCUT2D eigenvalue weighted by Crippen LogP contribution is 2.24. The fourth-order valence-electron chi connectivity index (χ4n) is 2.95. The maximum absolute atomic E-state index is 12.6. The first-order valence-electron chi connectivity index (χ1n) is 7.54. The van der Waals surface area contributed by atoms with Crippen molar-refractivity contribution in [3.63, 3.8) is 0 Å². The summed E-state index contributed by atoms with van der Waals surface area (Å²) in [5.74, 6) is 1.18. The van der Waals surface area contributed by atoms with Crippen LogP contribution in [-0.2, 0) is 7.05 Å². The van der Waals surface area contributed by atoms with E-state index >= 15 is 0 Å². The number of nitrogens with zero attached hydrogens (tertiary/aromatic N) is 5. The summed E-state index contributed by atoms with van der Waals surface area (Å²) in [5.41, 5.74) is 0.719. The molecule has 0 aliphatic carbocycles. The Morgan fingerprint density at radius 2 is 2.27 bits per heavy atom. The Kier molecular flexibility index (Phi) is 3.98. The van der Waals surface area contributed by atoms with Crippen molar-refractivity contribution in [3.8, 4) is 0 Å². The first kappa shape index (κ1) is 14.8. The van der Waals surface area contributed by atoms with E-state index in [1.54, 1.807) is 12.3 Å².